The third-order valence-corrected chi connectivity index (χ3v) is 4.75. The van der Waals surface area contributed by atoms with E-state index in [0.717, 1.165) is 16.4 Å². The Morgan fingerprint density at radius 3 is 2.84 bits per heavy atom. The van der Waals surface area contributed by atoms with E-state index in [1.807, 2.05) is 30.6 Å². The highest BCUT2D eigenvalue weighted by atomic mass is 35.5. The minimum absolute atomic E-state index is 0.238. The lowest BCUT2D eigenvalue weighted by Gasteiger charge is -2.15. The van der Waals surface area contributed by atoms with Crippen molar-refractivity contribution in [1.29, 1.82) is 0 Å². The van der Waals surface area contributed by atoms with Crippen molar-refractivity contribution in [3.8, 4) is 0 Å². The van der Waals surface area contributed by atoms with Crippen LogP contribution in [0.4, 0.5) is 0 Å². The normalized spacial score (nSPS) is 10.9. The molecular weight excluding hydrogens is 302 g/mol. The fraction of sp³-hybridized carbons (Fsp3) is 0.250. The number of hydrogen-bond donors (Lipinski definition) is 2. The summed E-state index contributed by atoms with van der Waals surface area (Å²) in [5, 5.41) is 1.90. The molecule has 3 N–H and O–H groups in total. The molecule has 0 aliphatic heterocycles. The molecule has 0 bridgehead atoms. The van der Waals surface area contributed by atoms with E-state index >= 15 is 0 Å². The third-order valence-electron chi connectivity index (χ3n) is 2.58. The Labute approximate surface area is 124 Å². The number of halogens is 1. The van der Waals surface area contributed by atoms with Gasteiger partial charge in [0.1, 0.15) is 0 Å². The van der Waals surface area contributed by atoms with E-state index in [0.29, 0.717) is 11.4 Å². The van der Waals surface area contributed by atoms with Crippen molar-refractivity contribution in [1.82, 2.24) is 10.3 Å². The predicted molar refractivity (Wildman–Crippen MR) is 80.5 cm³/mol. The molecule has 0 atom stereocenters. The average molecular weight is 316 g/mol. The first-order valence-electron chi connectivity index (χ1n) is 5.60. The number of carbonyl (C=O) groups excluding carboxylic acids is 1. The smallest absolute Gasteiger partial charge is 0.275 e. The van der Waals surface area contributed by atoms with E-state index in [9.17, 15) is 4.79 Å². The number of rotatable bonds is 5. The first-order valence-corrected chi connectivity index (χ1v) is 7.67. The number of nitrogens with two attached hydrogens (primary N) is 1. The topological polar surface area (TPSA) is 58.4 Å². The molecular formula is C12H14ClN3OS2. The molecule has 0 aromatic carbocycles. The molecule has 0 radical (unpaired) electrons. The van der Waals surface area contributed by atoms with Crippen molar-refractivity contribution >= 4 is 40.2 Å². The molecule has 102 valence electrons. The lowest BCUT2D eigenvalue weighted by Crippen LogP contribution is -2.30. The van der Waals surface area contributed by atoms with Gasteiger partial charge in [0.15, 0.2) is 0 Å². The van der Waals surface area contributed by atoms with E-state index < -0.39 is 0 Å². The van der Waals surface area contributed by atoms with Gasteiger partial charge >= 0.3 is 0 Å². The summed E-state index contributed by atoms with van der Waals surface area (Å²) in [7, 11) is 2.01. The van der Waals surface area contributed by atoms with Gasteiger partial charge in [0.2, 0.25) is 0 Å². The van der Waals surface area contributed by atoms with Crippen LogP contribution in [0.25, 0.3) is 0 Å². The van der Waals surface area contributed by atoms with Gasteiger partial charge in [-0.15, -0.1) is 22.7 Å². The molecule has 7 heteroatoms. The number of amides is 1. The molecule has 0 fully saturated rings. The maximum absolute atomic E-state index is 11.6. The first kappa shape index (κ1) is 14.5. The number of nitrogen functional groups attached to an aromatic ring is 1. The largest absolute Gasteiger partial charge is 0.297 e. The summed E-state index contributed by atoms with van der Waals surface area (Å²) in [6.07, 6.45) is 0. The predicted octanol–water partition coefficient (Wildman–Crippen LogP) is 2.70. The molecule has 2 heterocycles. The lowest BCUT2D eigenvalue weighted by molar-refractivity contribution is 0.0956. The summed E-state index contributed by atoms with van der Waals surface area (Å²) in [6, 6.07) is 5.87. The van der Waals surface area contributed by atoms with Crippen LogP contribution < -0.4 is 11.3 Å². The van der Waals surface area contributed by atoms with Crippen LogP contribution in [0.15, 0.2) is 23.6 Å². The number of hydrazine groups is 1. The van der Waals surface area contributed by atoms with Crippen molar-refractivity contribution in [3.63, 3.8) is 0 Å². The Bertz CT molecular complexity index is 567. The molecule has 19 heavy (non-hydrogen) atoms. The zero-order chi connectivity index (χ0) is 13.8. The Kier molecular flexibility index (Phi) is 4.95. The van der Waals surface area contributed by atoms with E-state index in [-0.39, 0.29) is 5.91 Å². The van der Waals surface area contributed by atoms with Gasteiger partial charge in [-0.3, -0.25) is 15.1 Å². The highest BCUT2D eigenvalue weighted by molar-refractivity contribution is 7.16. The van der Waals surface area contributed by atoms with Gasteiger partial charge in [0.05, 0.1) is 9.21 Å². The molecule has 0 saturated carbocycles. The molecule has 0 spiro atoms. The number of nitrogens with one attached hydrogen (secondary N) is 1. The van der Waals surface area contributed by atoms with Crippen molar-refractivity contribution in [2.75, 3.05) is 7.05 Å². The highest BCUT2D eigenvalue weighted by Gasteiger charge is 2.13. The van der Waals surface area contributed by atoms with Crippen LogP contribution in [0.5, 0.6) is 0 Å². The van der Waals surface area contributed by atoms with Gasteiger partial charge in [0, 0.05) is 18.0 Å². The average Bonchev–Trinajstić information content (AvgIpc) is 2.97. The second-order valence-corrected chi connectivity index (χ2v) is 6.84. The Hall–Kier alpha value is -0.920. The minimum atomic E-state index is -0.238. The zero-order valence-corrected chi connectivity index (χ0v) is 12.7. The van der Waals surface area contributed by atoms with Crippen molar-refractivity contribution < 1.29 is 4.79 Å². The molecule has 0 saturated heterocycles. The molecule has 0 unspecified atom stereocenters. The highest BCUT2D eigenvalue weighted by Crippen LogP contribution is 2.24. The van der Waals surface area contributed by atoms with Crippen molar-refractivity contribution in [3.05, 3.63) is 43.2 Å². The monoisotopic (exact) mass is 315 g/mol. The quantitative estimate of drug-likeness (QED) is 0.507. The van der Waals surface area contributed by atoms with Crippen LogP contribution in [0.1, 0.15) is 20.1 Å². The lowest BCUT2D eigenvalue weighted by atomic mass is 10.2. The number of nitrogens with zero attached hydrogens (tertiary/aromatic N) is 1. The fourth-order valence-electron chi connectivity index (χ4n) is 1.77. The maximum atomic E-state index is 11.6. The van der Waals surface area contributed by atoms with Gasteiger partial charge in [-0.1, -0.05) is 11.6 Å². The van der Waals surface area contributed by atoms with E-state index in [4.69, 9.17) is 17.4 Å². The van der Waals surface area contributed by atoms with Crippen LogP contribution in [-0.2, 0) is 13.1 Å². The summed E-state index contributed by atoms with van der Waals surface area (Å²) in [6.45, 7) is 1.50. The molecule has 2 aromatic rings. The van der Waals surface area contributed by atoms with Crippen molar-refractivity contribution in [2.24, 2.45) is 5.84 Å². The van der Waals surface area contributed by atoms with Crippen LogP contribution in [0, 0.1) is 0 Å². The second kappa shape index (κ2) is 6.49. The Morgan fingerprint density at radius 1 is 1.42 bits per heavy atom. The van der Waals surface area contributed by atoms with Gasteiger partial charge < -0.3 is 0 Å². The van der Waals surface area contributed by atoms with E-state index in [1.54, 1.807) is 11.3 Å². The Morgan fingerprint density at radius 2 is 2.21 bits per heavy atom. The van der Waals surface area contributed by atoms with Crippen molar-refractivity contribution in [2.45, 2.75) is 13.1 Å². The van der Waals surface area contributed by atoms with E-state index in [1.165, 1.54) is 16.2 Å². The summed E-state index contributed by atoms with van der Waals surface area (Å²) in [5.41, 5.74) is 3.16. The Balaban J connectivity index is 2.01. The summed E-state index contributed by atoms with van der Waals surface area (Å²) >= 11 is 8.88. The molecule has 0 aliphatic carbocycles. The van der Waals surface area contributed by atoms with Crippen LogP contribution in [0.2, 0.25) is 4.34 Å². The summed E-state index contributed by atoms with van der Waals surface area (Å²) in [5.74, 6) is 4.93. The fourth-order valence-corrected chi connectivity index (χ4v) is 3.76. The van der Waals surface area contributed by atoms with Gasteiger partial charge in [-0.25, -0.2) is 5.84 Å². The van der Waals surface area contributed by atoms with Crippen LogP contribution in [-0.4, -0.2) is 17.9 Å². The molecule has 4 nitrogen and oxygen atoms in total. The molecule has 1 amide bonds. The van der Waals surface area contributed by atoms with Crippen LogP contribution in [0.3, 0.4) is 0 Å². The first-order chi connectivity index (χ1) is 9.10. The van der Waals surface area contributed by atoms with Gasteiger partial charge in [-0.05, 0) is 36.2 Å². The van der Waals surface area contributed by atoms with E-state index in [2.05, 4.69) is 10.3 Å². The third kappa shape index (κ3) is 3.77. The number of carbonyl (C=O) groups is 1. The maximum Gasteiger partial charge on any atom is 0.275 e. The minimum Gasteiger partial charge on any atom is -0.297 e. The SMILES string of the molecule is CN(Cc1ccc(Cl)s1)Cc1ccsc1C(=O)NN. The number of hydrogen-bond acceptors (Lipinski definition) is 5. The summed E-state index contributed by atoms with van der Waals surface area (Å²) < 4.78 is 0.794. The second-order valence-electron chi connectivity index (χ2n) is 4.13. The molecule has 0 aliphatic rings. The zero-order valence-electron chi connectivity index (χ0n) is 10.4. The van der Waals surface area contributed by atoms with Crippen LogP contribution >= 0.6 is 34.3 Å². The van der Waals surface area contributed by atoms with Gasteiger partial charge in [-0.2, -0.15) is 0 Å². The number of thiophene rings is 2. The molecule has 2 rings (SSSR count). The summed E-state index contributed by atoms with van der Waals surface area (Å²) in [4.78, 5) is 15.6. The standard InChI is InChI=1S/C12H14ClN3OS2/c1-16(7-9-2-3-10(13)19-9)6-8-4-5-18-11(8)12(17)15-14/h2-5H,6-7,14H2,1H3,(H,15,17). The van der Waals surface area contributed by atoms with Gasteiger partial charge in [0.25, 0.3) is 5.91 Å². The molecule has 2 aromatic heterocycles.